The van der Waals surface area contributed by atoms with Gasteiger partial charge in [-0.1, -0.05) is 0 Å². The lowest BCUT2D eigenvalue weighted by molar-refractivity contribution is 0.0699. The van der Waals surface area contributed by atoms with Gasteiger partial charge < -0.3 is 10.1 Å². The average Bonchev–Trinajstić information content (AvgIpc) is 2.80. The maximum absolute atomic E-state index is 5.36. The number of rotatable bonds is 3. The smallest absolute Gasteiger partial charge is 0.163 e. The van der Waals surface area contributed by atoms with Gasteiger partial charge in [0.25, 0.3) is 0 Å². The molecule has 2 aromatic rings. The van der Waals surface area contributed by atoms with E-state index in [4.69, 9.17) is 4.74 Å². The average molecular weight is 247 g/mol. The van der Waals surface area contributed by atoms with E-state index in [2.05, 4.69) is 20.4 Å². The van der Waals surface area contributed by atoms with Gasteiger partial charge in [-0.3, -0.25) is 4.68 Å². The van der Waals surface area contributed by atoms with E-state index in [0.29, 0.717) is 5.92 Å². The number of nitrogens with zero attached hydrogens (tertiary/aromatic N) is 4. The van der Waals surface area contributed by atoms with E-state index >= 15 is 0 Å². The van der Waals surface area contributed by atoms with Crippen LogP contribution >= 0.6 is 0 Å². The molecule has 3 heterocycles. The number of aryl methyl sites for hydroxylation is 1. The number of anilines is 1. The van der Waals surface area contributed by atoms with Crippen molar-refractivity contribution in [2.75, 3.05) is 25.1 Å². The molecule has 18 heavy (non-hydrogen) atoms. The molecule has 0 saturated carbocycles. The molecule has 0 bridgehead atoms. The highest BCUT2D eigenvalue weighted by molar-refractivity contribution is 5.85. The molecular weight excluding hydrogens is 230 g/mol. The summed E-state index contributed by atoms with van der Waals surface area (Å²) in [7, 11) is 1.89. The normalized spacial score (nSPS) is 17.2. The Morgan fingerprint density at radius 2 is 2.22 bits per heavy atom. The molecule has 3 rings (SSSR count). The van der Waals surface area contributed by atoms with Gasteiger partial charge in [-0.25, -0.2) is 9.97 Å². The van der Waals surface area contributed by atoms with Gasteiger partial charge in [0.05, 0.1) is 11.6 Å². The fourth-order valence-electron chi connectivity index (χ4n) is 2.29. The Hall–Kier alpha value is -1.69. The topological polar surface area (TPSA) is 64.9 Å². The Bertz CT molecular complexity index is 532. The second-order valence-electron chi connectivity index (χ2n) is 4.66. The van der Waals surface area contributed by atoms with Crippen LogP contribution in [-0.4, -0.2) is 39.5 Å². The van der Waals surface area contributed by atoms with E-state index in [9.17, 15) is 0 Å². The molecule has 1 fully saturated rings. The molecule has 6 nitrogen and oxygen atoms in total. The first-order chi connectivity index (χ1) is 8.84. The first kappa shape index (κ1) is 11.4. The molecule has 0 atom stereocenters. The Morgan fingerprint density at radius 1 is 1.39 bits per heavy atom. The van der Waals surface area contributed by atoms with Gasteiger partial charge in [-0.2, -0.15) is 5.10 Å². The number of hydrogen-bond acceptors (Lipinski definition) is 5. The Balaban J connectivity index is 1.74. The predicted octanol–water partition coefficient (Wildman–Crippen LogP) is 1.20. The molecule has 0 aliphatic carbocycles. The van der Waals surface area contributed by atoms with Crippen LogP contribution in [0, 0.1) is 5.92 Å². The lowest BCUT2D eigenvalue weighted by Gasteiger charge is -2.22. The summed E-state index contributed by atoms with van der Waals surface area (Å²) in [6.07, 6.45) is 5.63. The highest BCUT2D eigenvalue weighted by atomic mass is 16.5. The number of nitrogens with one attached hydrogen (secondary N) is 1. The lowest BCUT2D eigenvalue weighted by atomic mass is 10.0. The maximum Gasteiger partial charge on any atom is 0.163 e. The van der Waals surface area contributed by atoms with Crippen LogP contribution in [0.4, 0.5) is 5.82 Å². The minimum Gasteiger partial charge on any atom is -0.381 e. The second-order valence-corrected chi connectivity index (χ2v) is 4.66. The predicted molar refractivity (Wildman–Crippen MR) is 68.3 cm³/mol. The van der Waals surface area contributed by atoms with E-state index in [1.54, 1.807) is 11.0 Å². The van der Waals surface area contributed by atoms with E-state index < -0.39 is 0 Å². The van der Waals surface area contributed by atoms with Crippen LogP contribution < -0.4 is 5.32 Å². The van der Waals surface area contributed by atoms with Crippen molar-refractivity contribution >= 4 is 16.9 Å². The number of aromatic nitrogens is 4. The van der Waals surface area contributed by atoms with Gasteiger partial charge in [0.15, 0.2) is 5.65 Å². The monoisotopic (exact) mass is 247 g/mol. The number of ether oxygens (including phenoxy) is 1. The maximum atomic E-state index is 5.36. The van der Waals surface area contributed by atoms with E-state index in [-0.39, 0.29) is 0 Å². The zero-order valence-electron chi connectivity index (χ0n) is 10.5. The lowest BCUT2D eigenvalue weighted by Crippen LogP contribution is -2.23. The quantitative estimate of drug-likeness (QED) is 0.883. The third kappa shape index (κ3) is 2.15. The second kappa shape index (κ2) is 4.89. The van der Waals surface area contributed by atoms with Crippen LogP contribution in [0.1, 0.15) is 12.8 Å². The van der Waals surface area contributed by atoms with Crippen molar-refractivity contribution in [2.24, 2.45) is 13.0 Å². The fraction of sp³-hybridized carbons (Fsp3) is 0.583. The van der Waals surface area contributed by atoms with Crippen LogP contribution in [0.15, 0.2) is 12.5 Å². The molecule has 0 radical (unpaired) electrons. The molecule has 0 spiro atoms. The SMILES string of the molecule is Cn1ncc2c(NCC3CCOCC3)ncnc21. The molecule has 6 heteroatoms. The summed E-state index contributed by atoms with van der Waals surface area (Å²) in [5.41, 5.74) is 0.861. The third-order valence-electron chi connectivity index (χ3n) is 3.43. The van der Waals surface area contributed by atoms with Crippen LogP contribution in [0.2, 0.25) is 0 Å². The molecule has 0 unspecified atom stereocenters. The Morgan fingerprint density at radius 3 is 3.06 bits per heavy atom. The number of hydrogen-bond donors (Lipinski definition) is 1. The van der Waals surface area contributed by atoms with Crippen molar-refractivity contribution in [3.8, 4) is 0 Å². The zero-order valence-corrected chi connectivity index (χ0v) is 10.5. The van der Waals surface area contributed by atoms with Gasteiger partial charge in [0, 0.05) is 26.8 Å². The molecule has 0 amide bonds. The van der Waals surface area contributed by atoms with Gasteiger partial charge >= 0.3 is 0 Å². The molecule has 0 aromatic carbocycles. The molecule has 96 valence electrons. The van der Waals surface area contributed by atoms with Crippen molar-refractivity contribution in [3.05, 3.63) is 12.5 Å². The molecule has 1 aliphatic heterocycles. The fourth-order valence-corrected chi connectivity index (χ4v) is 2.29. The molecule has 1 aliphatic rings. The standard InChI is InChI=1S/C12H17N5O/c1-17-12-10(7-16-17)11(14-8-15-12)13-6-9-2-4-18-5-3-9/h7-9H,2-6H2,1H3,(H,13,14,15). The van der Waals surface area contributed by atoms with E-state index in [0.717, 1.165) is 49.5 Å². The van der Waals surface area contributed by atoms with Crippen molar-refractivity contribution in [1.82, 2.24) is 19.7 Å². The highest BCUT2D eigenvalue weighted by Gasteiger charge is 2.14. The van der Waals surface area contributed by atoms with Crippen molar-refractivity contribution in [1.29, 1.82) is 0 Å². The Kier molecular flexibility index (Phi) is 3.10. The van der Waals surface area contributed by atoms with Gasteiger partial charge in [0.1, 0.15) is 12.1 Å². The summed E-state index contributed by atoms with van der Waals surface area (Å²) < 4.78 is 7.12. The van der Waals surface area contributed by atoms with E-state index in [1.807, 2.05) is 13.2 Å². The first-order valence-corrected chi connectivity index (χ1v) is 6.29. The van der Waals surface area contributed by atoms with Gasteiger partial charge in [-0.15, -0.1) is 0 Å². The van der Waals surface area contributed by atoms with Gasteiger partial charge in [0.2, 0.25) is 0 Å². The van der Waals surface area contributed by atoms with Crippen molar-refractivity contribution in [3.63, 3.8) is 0 Å². The molecule has 2 aromatic heterocycles. The summed E-state index contributed by atoms with van der Waals surface area (Å²) >= 11 is 0. The summed E-state index contributed by atoms with van der Waals surface area (Å²) in [5, 5.41) is 8.59. The summed E-state index contributed by atoms with van der Waals surface area (Å²) in [6, 6.07) is 0. The van der Waals surface area contributed by atoms with Crippen molar-refractivity contribution in [2.45, 2.75) is 12.8 Å². The highest BCUT2D eigenvalue weighted by Crippen LogP contribution is 2.20. The number of fused-ring (bicyclic) bond motifs is 1. The first-order valence-electron chi connectivity index (χ1n) is 6.29. The van der Waals surface area contributed by atoms with Gasteiger partial charge in [-0.05, 0) is 18.8 Å². The zero-order chi connectivity index (χ0) is 12.4. The summed E-state index contributed by atoms with van der Waals surface area (Å²) in [4.78, 5) is 8.52. The van der Waals surface area contributed by atoms with Crippen LogP contribution in [-0.2, 0) is 11.8 Å². The third-order valence-corrected chi connectivity index (χ3v) is 3.43. The minimum absolute atomic E-state index is 0.667. The van der Waals surface area contributed by atoms with Crippen LogP contribution in [0.3, 0.4) is 0 Å². The molecule has 1 saturated heterocycles. The summed E-state index contributed by atoms with van der Waals surface area (Å²) in [5.74, 6) is 1.54. The minimum atomic E-state index is 0.667. The summed E-state index contributed by atoms with van der Waals surface area (Å²) in [6.45, 7) is 2.68. The van der Waals surface area contributed by atoms with E-state index in [1.165, 1.54) is 0 Å². The molecular formula is C12H17N5O. The van der Waals surface area contributed by atoms with Crippen molar-refractivity contribution < 1.29 is 4.74 Å². The largest absolute Gasteiger partial charge is 0.381 e. The van der Waals surface area contributed by atoms with Crippen LogP contribution in [0.25, 0.3) is 11.0 Å². The Labute approximate surface area is 105 Å². The molecule has 1 N–H and O–H groups in total. The van der Waals surface area contributed by atoms with Crippen LogP contribution in [0.5, 0.6) is 0 Å².